The SMILES string of the molecule is CCC1CCCCN1CCCNC(=O)C1CCN(S(=O)(=O)c2ccc(OC)cc2)CC1. The lowest BCUT2D eigenvalue weighted by atomic mass is 9.97. The summed E-state index contributed by atoms with van der Waals surface area (Å²) < 4.78 is 32.3. The van der Waals surface area contributed by atoms with Crippen LogP contribution in [0.3, 0.4) is 0 Å². The van der Waals surface area contributed by atoms with Crippen LogP contribution in [0.5, 0.6) is 5.75 Å². The van der Waals surface area contributed by atoms with Gasteiger partial charge >= 0.3 is 0 Å². The molecule has 1 aromatic rings. The number of carbonyl (C=O) groups excluding carboxylic acids is 1. The van der Waals surface area contributed by atoms with E-state index in [4.69, 9.17) is 4.74 Å². The zero-order valence-corrected chi connectivity index (χ0v) is 19.7. The summed E-state index contributed by atoms with van der Waals surface area (Å²) in [6.07, 6.45) is 7.19. The van der Waals surface area contributed by atoms with Crippen LogP contribution < -0.4 is 10.1 Å². The third-order valence-corrected chi connectivity index (χ3v) is 8.58. The molecule has 1 N–H and O–H groups in total. The molecule has 2 fully saturated rings. The lowest BCUT2D eigenvalue weighted by molar-refractivity contribution is -0.126. The van der Waals surface area contributed by atoms with Gasteiger partial charge in [-0.1, -0.05) is 13.3 Å². The van der Waals surface area contributed by atoms with Gasteiger partial charge in [0.05, 0.1) is 12.0 Å². The second-order valence-electron chi connectivity index (χ2n) is 8.59. The highest BCUT2D eigenvalue weighted by Crippen LogP contribution is 2.25. The Morgan fingerprint density at radius 2 is 1.81 bits per heavy atom. The highest BCUT2D eigenvalue weighted by molar-refractivity contribution is 7.89. The Hall–Kier alpha value is -1.64. The second-order valence-corrected chi connectivity index (χ2v) is 10.5. The third kappa shape index (κ3) is 6.20. The lowest BCUT2D eigenvalue weighted by Crippen LogP contribution is -2.44. The van der Waals surface area contributed by atoms with Crippen LogP contribution in [0, 0.1) is 5.92 Å². The quantitative estimate of drug-likeness (QED) is 0.584. The molecule has 0 spiro atoms. The van der Waals surface area contributed by atoms with Crippen LogP contribution in [0.15, 0.2) is 29.2 Å². The summed E-state index contributed by atoms with van der Waals surface area (Å²) in [6, 6.07) is 7.14. The monoisotopic (exact) mass is 451 g/mol. The van der Waals surface area contributed by atoms with E-state index in [1.807, 2.05) is 0 Å². The smallest absolute Gasteiger partial charge is 0.243 e. The first-order valence-electron chi connectivity index (χ1n) is 11.6. The molecule has 8 heteroatoms. The molecule has 1 atom stereocenters. The molecule has 1 amide bonds. The number of likely N-dealkylation sites (tertiary alicyclic amines) is 1. The first kappa shape index (κ1) is 24.0. The van der Waals surface area contributed by atoms with Gasteiger partial charge in [-0.25, -0.2) is 8.42 Å². The normalized spacial score (nSPS) is 21.7. The largest absolute Gasteiger partial charge is 0.497 e. The molecule has 1 unspecified atom stereocenters. The van der Waals surface area contributed by atoms with Crippen molar-refractivity contribution >= 4 is 15.9 Å². The first-order valence-corrected chi connectivity index (χ1v) is 13.1. The van der Waals surface area contributed by atoms with Gasteiger partial charge in [-0.2, -0.15) is 4.31 Å². The van der Waals surface area contributed by atoms with Crippen LogP contribution in [0.1, 0.15) is 51.9 Å². The maximum Gasteiger partial charge on any atom is 0.243 e. The predicted octanol–water partition coefficient (Wildman–Crippen LogP) is 2.87. The van der Waals surface area contributed by atoms with Crippen molar-refractivity contribution in [3.05, 3.63) is 24.3 Å². The number of hydrogen-bond donors (Lipinski definition) is 1. The molecule has 7 nitrogen and oxygen atoms in total. The number of ether oxygens (including phenoxy) is 1. The molecule has 2 saturated heterocycles. The topological polar surface area (TPSA) is 79.0 Å². The van der Waals surface area contributed by atoms with Gasteiger partial charge in [0.25, 0.3) is 0 Å². The molecule has 174 valence electrons. The summed E-state index contributed by atoms with van der Waals surface area (Å²) in [5.74, 6) is 0.577. The van der Waals surface area contributed by atoms with E-state index in [1.165, 1.54) is 36.5 Å². The van der Waals surface area contributed by atoms with E-state index in [9.17, 15) is 13.2 Å². The molecule has 2 aliphatic heterocycles. The molecule has 31 heavy (non-hydrogen) atoms. The van der Waals surface area contributed by atoms with E-state index in [1.54, 1.807) is 31.4 Å². The maximum absolute atomic E-state index is 12.9. The molecule has 0 aliphatic carbocycles. The van der Waals surface area contributed by atoms with Crippen LogP contribution in [0.2, 0.25) is 0 Å². The maximum atomic E-state index is 12.9. The van der Waals surface area contributed by atoms with E-state index >= 15 is 0 Å². The summed E-state index contributed by atoms with van der Waals surface area (Å²) in [7, 11) is -1.99. The molecule has 0 aromatic heterocycles. The minimum Gasteiger partial charge on any atom is -0.497 e. The highest BCUT2D eigenvalue weighted by Gasteiger charge is 2.32. The number of rotatable bonds is 9. The van der Waals surface area contributed by atoms with E-state index < -0.39 is 10.0 Å². The van der Waals surface area contributed by atoms with Gasteiger partial charge in [0, 0.05) is 38.1 Å². The van der Waals surface area contributed by atoms with Crippen LogP contribution in [-0.4, -0.2) is 69.4 Å². The summed E-state index contributed by atoms with van der Waals surface area (Å²) in [4.78, 5) is 15.4. The van der Waals surface area contributed by atoms with Crippen molar-refractivity contribution in [1.29, 1.82) is 0 Å². The van der Waals surface area contributed by atoms with Crippen molar-refractivity contribution in [2.24, 2.45) is 5.92 Å². The number of nitrogens with one attached hydrogen (secondary N) is 1. The van der Waals surface area contributed by atoms with Gasteiger partial charge in [0.1, 0.15) is 5.75 Å². The van der Waals surface area contributed by atoms with Crippen molar-refractivity contribution in [3.63, 3.8) is 0 Å². The molecule has 0 saturated carbocycles. The van der Waals surface area contributed by atoms with Crippen molar-refractivity contribution < 1.29 is 17.9 Å². The van der Waals surface area contributed by atoms with Crippen LogP contribution in [0.4, 0.5) is 0 Å². The Balaban J connectivity index is 1.41. The van der Waals surface area contributed by atoms with Gasteiger partial charge in [-0.3, -0.25) is 4.79 Å². The molecular weight excluding hydrogens is 414 g/mol. The number of amides is 1. The summed E-state index contributed by atoms with van der Waals surface area (Å²) in [5.41, 5.74) is 0. The number of piperidine rings is 2. The van der Waals surface area contributed by atoms with Crippen molar-refractivity contribution in [3.8, 4) is 5.75 Å². The molecule has 3 rings (SSSR count). The number of carbonyl (C=O) groups is 1. The predicted molar refractivity (Wildman–Crippen MR) is 122 cm³/mol. The number of hydrogen-bond acceptors (Lipinski definition) is 5. The Bertz CT molecular complexity index is 805. The van der Waals surface area contributed by atoms with E-state index in [2.05, 4.69) is 17.1 Å². The minimum atomic E-state index is -3.54. The Morgan fingerprint density at radius 1 is 1.10 bits per heavy atom. The number of methoxy groups -OCH3 is 1. The van der Waals surface area contributed by atoms with E-state index in [0.717, 1.165) is 13.0 Å². The van der Waals surface area contributed by atoms with Crippen LogP contribution >= 0.6 is 0 Å². The first-order chi connectivity index (χ1) is 15.0. The fraction of sp³-hybridized carbons (Fsp3) is 0.696. The van der Waals surface area contributed by atoms with Crippen molar-refractivity contribution in [1.82, 2.24) is 14.5 Å². The molecule has 2 heterocycles. The van der Waals surface area contributed by atoms with E-state index in [-0.39, 0.29) is 16.7 Å². The molecule has 1 aromatic carbocycles. The molecule has 0 bridgehead atoms. The Morgan fingerprint density at radius 3 is 2.45 bits per heavy atom. The van der Waals surface area contributed by atoms with Gasteiger partial charge in [0.2, 0.25) is 15.9 Å². The average molecular weight is 452 g/mol. The van der Waals surface area contributed by atoms with Crippen molar-refractivity contribution in [2.75, 3.05) is 39.8 Å². The number of benzene rings is 1. The Kier molecular flexibility index (Phi) is 8.75. The zero-order chi connectivity index (χ0) is 22.3. The lowest BCUT2D eigenvalue weighted by Gasteiger charge is -2.35. The fourth-order valence-corrected chi connectivity index (χ4v) is 6.18. The standard InChI is InChI=1S/C23H37N3O4S/c1-3-20-7-4-5-15-25(20)16-6-14-24-23(27)19-12-17-26(18-13-19)31(28,29)22-10-8-21(30-2)9-11-22/h8-11,19-20H,3-7,12-18H2,1-2H3,(H,24,27). The van der Waals surface area contributed by atoms with Gasteiger partial charge in [0.15, 0.2) is 0 Å². The average Bonchev–Trinajstić information content (AvgIpc) is 2.82. The second kappa shape index (κ2) is 11.3. The molecular formula is C23H37N3O4S. The Labute approximate surface area is 187 Å². The van der Waals surface area contributed by atoms with Crippen LogP contribution in [-0.2, 0) is 14.8 Å². The molecule has 2 aliphatic rings. The summed E-state index contributed by atoms with van der Waals surface area (Å²) in [5, 5.41) is 3.08. The summed E-state index contributed by atoms with van der Waals surface area (Å²) in [6.45, 7) is 5.91. The summed E-state index contributed by atoms with van der Waals surface area (Å²) >= 11 is 0. The number of sulfonamides is 1. The van der Waals surface area contributed by atoms with Gasteiger partial charge in [-0.15, -0.1) is 0 Å². The van der Waals surface area contributed by atoms with E-state index in [0.29, 0.717) is 44.3 Å². The highest BCUT2D eigenvalue weighted by atomic mass is 32.2. The third-order valence-electron chi connectivity index (χ3n) is 6.66. The minimum absolute atomic E-state index is 0.0622. The fourth-order valence-electron chi connectivity index (χ4n) is 4.71. The molecule has 0 radical (unpaired) electrons. The van der Waals surface area contributed by atoms with Crippen LogP contribution in [0.25, 0.3) is 0 Å². The zero-order valence-electron chi connectivity index (χ0n) is 18.9. The number of nitrogens with zero attached hydrogens (tertiary/aromatic N) is 2. The van der Waals surface area contributed by atoms with Gasteiger partial charge in [-0.05, 0) is 69.3 Å². The van der Waals surface area contributed by atoms with Gasteiger partial charge < -0.3 is 15.0 Å². The van der Waals surface area contributed by atoms with Crippen molar-refractivity contribution in [2.45, 2.75) is 62.8 Å².